The van der Waals surface area contributed by atoms with Crippen LogP contribution < -0.4 is 10.1 Å². The highest BCUT2D eigenvalue weighted by Crippen LogP contribution is 2.21. The van der Waals surface area contributed by atoms with Crippen molar-refractivity contribution in [2.75, 3.05) is 0 Å². The molecule has 0 atom stereocenters. The lowest BCUT2D eigenvalue weighted by Crippen LogP contribution is -2.22. The second kappa shape index (κ2) is 6.68. The Balaban J connectivity index is 2.05. The fraction of sp³-hybridized carbons (Fsp3) is 0.400. The monoisotopic (exact) mass is 276 g/mol. The first kappa shape index (κ1) is 14.0. The highest BCUT2D eigenvalue weighted by atomic mass is 32.1. The first-order valence-corrected chi connectivity index (χ1v) is 7.37. The minimum Gasteiger partial charge on any atom is -0.486 e. The van der Waals surface area contributed by atoms with Crippen molar-refractivity contribution in [3.8, 4) is 5.75 Å². The molecule has 102 valence electrons. The van der Waals surface area contributed by atoms with Crippen molar-refractivity contribution in [1.82, 2.24) is 10.3 Å². The normalized spacial score (nSPS) is 10.9. The third kappa shape index (κ3) is 4.33. The molecule has 3 nitrogen and oxygen atoms in total. The second-order valence-corrected chi connectivity index (χ2v) is 5.84. The molecule has 0 saturated heterocycles. The highest BCUT2D eigenvalue weighted by molar-refractivity contribution is 7.09. The molecule has 2 rings (SSSR count). The standard InChI is InChI=1S/C15H20N2OS/c1-11(2)17-9-13-8-12(3)4-5-14(13)18-10-15-16-6-7-19-15/h4-8,11,17H,9-10H2,1-3H3. The molecule has 0 saturated carbocycles. The number of hydrogen-bond donors (Lipinski definition) is 1. The van der Waals surface area contributed by atoms with E-state index < -0.39 is 0 Å². The van der Waals surface area contributed by atoms with Crippen molar-refractivity contribution >= 4 is 11.3 Å². The molecule has 19 heavy (non-hydrogen) atoms. The van der Waals surface area contributed by atoms with Gasteiger partial charge in [0.1, 0.15) is 17.4 Å². The predicted octanol–water partition coefficient (Wildman–Crippen LogP) is 3.53. The average Bonchev–Trinajstić information content (AvgIpc) is 2.88. The molecule has 1 aromatic carbocycles. The van der Waals surface area contributed by atoms with Crippen molar-refractivity contribution in [2.24, 2.45) is 0 Å². The average molecular weight is 276 g/mol. The van der Waals surface area contributed by atoms with Crippen molar-refractivity contribution in [3.63, 3.8) is 0 Å². The Hall–Kier alpha value is -1.39. The van der Waals surface area contributed by atoms with Gasteiger partial charge in [-0.1, -0.05) is 31.5 Å². The van der Waals surface area contributed by atoms with Crippen LogP contribution in [-0.2, 0) is 13.2 Å². The summed E-state index contributed by atoms with van der Waals surface area (Å²) in [6.45, 7) is 7.75. The van der Waals surface area contributed by atoms with Gasteiger partial charge in [0.15, 0.2) is 0 Å². The molecule has 0 bridgehead atoms. The Kier molecular flexibility index (Phi) is 4.93. The maximum absolute atomic E-state index is 5.88. The van der Waals surface area contributed by atoms with Crippen molar-refractivity contribution in [2.45, 2.75) is 40.0 Å². The summed E-state index contributed by atoms with van der Waals surface area (Å²) >= 11 is 1.62. The molecule has 0 amide bonds. The van der Waals surface area contributed by atoms with Crippen LogP contribution in [0, 0.1) is 6.92 Å². The number of ether oxygens (including phenoxy) is 1. The van der Waals surface area contributed by atoms with Crippen LogP contribution in [0.4, 0.5) is 0 Å². The number of aromatic nitrogens is 1. The maximum Gasteiger partial charge on any atom is 0.140 e. The van der Waals surface area contributed by atoms with Gasteiger partial charge in [-0.2, -0.15) is 0 Å². The number of nitrogens with zero attached hydrogens (tertiary/aromatic N) is 1. The highest BCUT2D eigenvalue weighted by Gasteiger charge is 2.06. The molecule has 0 unspecified atom stereocenters. The van der Waals surface area contributed by atoms with E-state index in [0.29, 0.717) is 12.6 Å². The van der Waals surface area contributed by atoms with Gasteiger partial charge >= 0.3 is 0 Å². The van der Waals surface area contributed by atoms with Crippen LogP contribution in [0.15, 0.2) is 29.8 Å². The van der Waals surface area contributed by atoms with Crippen LogP contribution >= 0.6 is 11.3 Å². The molecule has 0 aliphatic rings. The van der Waals surface area contributed by atoms with Crippen molar-refractivity contribution in [1.29, 1.82) is 0 Å². The summed E-state index contributed by atoms with van der Waals surface area (Å²) in [7, 11) is 0. The van der Waals surface area contributed by atoms with Crippen LogP contribution in [0.5, 0.6) is 5.75 Å². The fourth-order valence-electron chi connectivity index (χ4n) is 1.77. The van der Waals surface area contributed by atoms with E-state index in [1.165, 1.54) is 11.1 Å². The summed E-state index contributed by atoms with van der Waals surface area (Å²) in [4.78, 5) is 4.23. The van der Waals surface area contributed by atoms with E-state index in [9.17, 15) is 0 Å². The molecule has 0 aliphatic carbocycles. The van der Waals surface area contributed by atoms with E-state index in [-0.39, 0.29) is 0 Å². The molecular formula is C15H20N2OS. The minimum absolute atomic E-state index is 0.465. The molecule has 0 aliphatic heterocycles. The molecule has 2 aromatic rings. The van der Waals surface area contributed by atoms with E-state index in [1.54, 1.807) is 17.5 Å². The lowest BCUT2D eigenvalue weighted by molar-refractivity contribution is 0.301. The van der Waals surface area contributed by atoms with Crippen LogP contribution in [0.25, 0.3) is 0 Å². The number of thiazole rings is 1. The number of benzene rings is 1. The van der Waals surface area contributed by atoms with E-state index >= 15 is 0 Å². The summed E-state index contributed by atoms with van der Waals surface area (Å²) < 4.78 is 5.88. The molecule has 0 spiro atoms. The van der Waals surface area contributed by atoms with Crippen LogP contribution in [0.2, 0.25) is 0 Å². The lowest BCUT2D eigenvalue weighted by atomic mass is 10.1. The third-order valence-corrected chi connectivity index (χ3v) is 3.50. The molecule has 0 fully saturated rings. The van der Waals surface area contributed by atoms with Gasteiger partial charge in [0, 0.05) is 29.7 Å². The zero-order chi connectivity index (χ0) is 13.7. The van der Waals surface area contributed by atoms with Gasteiger partial charge in [0.05, 0.1) is 0 Å². The zero-order valence-corrected chi connectivity index (χ0v) is 12.5. The maximum atomic E-state index is 5.88. The van der Waals surface area contributed by atoms with Gasteiger partial charge in [-0.05, 0) is 13.0 Å². The van der Waals surface area contributed by atoms with Crippen LogP contribution in [-0.4, -0.2) is 11.0 Å². The summed E-state index contributed by atoms with van der Waals surface area (Å²) in [5, 5.41) is 6.40. The topological polar surface area (TPSA) is 34.1 Å². The van der Waals surface area contributed by atoms with E-state index in [1.807, 2.05) is 11.4 Å². The van der Waals surface area contributed by atoms with Gasteiger partial charge in [0.2, 0.25) is 0 Å². The van der Waals surface area contributed by atoms with E-state index in [4.69, 9.17) is 4.74 Å². The molecule has 1 N–H and O–H groups in total. The third-order valence-electron chi connectivity index (χ3n) is 2.75. The molecular weight excluding hydrogens is 256 g/mol. The molecule has 0 radical (unpaired) electrons. The van der Waals surface area contributed by atoms with Crippen LogP contribution in [0.1, 0.15) is 30.0 Å². The quantitative estimate of drug-likeness (QED) is 0.876. The smallest absolute Gasteiger partial charge is 0.140 e. The zero-order valence-electron chi connectivity index (χ0n) is 11.6. The van der Waals surface area contributed by atoms with Crippen LogP contribution in [0.3, 0.4) is 0 Å². The van der Waals surface area contributed by atoms with Gasteiger partial charge < -0.3 is 10.1 Å². The van der Waals surface area contributed by atoms with Crippen molar-refractivity contribution in [3.05, 3.63) is 45.9 Å². The summed E-state index contributed by atoms with van der Waals surface area (Å²) in [5.41, 5.74) is 2.45. The number of hydrogen-bond acceptors (Lipinski definition) is 4. The second-order valence-electron chi connectivity index (χ2n) is 4.86. The summed E-state index contributed by atoms with van der Waals surface area (Å²) in [6.07, 6.45) is 1.81. The summed E-state index contributed by atoms with van der Waals surface area (Å²) in [5.74, 6) is 0.939. The van der Waals surface area contributed by atoms with Gasteiger partial charge in [-0.25, -0.2) is 4.98 Å². The Bertz CT molecular complexity index is 509. The van der Waals surface area contributed by atoms with E-state index in [0.717, 1.165) is 17.3 Å². The first-order chi connectivity index (χ1) is 9.15. The van der Waals surface area contributed by atoms with Gasteiger partial charge in [-0.3, -0.25) is 0 Å². The van der Waals surface area contributed by atoms with Crippen molar-refractivity contribution < 1.29 is 4.74 Å². The Morgan fingerprint density at radius 3 is 2.89 bits per heavy atom. The number of aryl methyl sites for hydroxylation is 1. The van der Waals surface area contributed by atoms with Gasteiger partial charge in [-0.15, -0.1) is 11.3 Å². The Labute approximate surface area is 118 Å². The fourth-order valence-corrected chi connectivity index (χ4v) is 2.29. The SMILES string of the molecule is Cc1ccc(OCc2nccs2)c(CNC(C)C)c1. The largest absolute Gasteiger partial charge is 0.486 e. The number of nitrogens with one attached hydrogen (secondary N) is 1. The predicted molar refractivity (Wildman–Crippen MR) is 79.6 cm³/mol. The van der Waals surface area contributed by atoms with Gasteiger partial charge in [0.25, 0.3) is 0 Å². The number of rotatable bonds is 6. The minimum atomic E-state index is 0.465. The summed E-state index contributed by atoms with van der Waals surface area (Å²) in [6, 6.07) is 6.76. The first-order valence-electron chi connectivity index (χ1n) is 6.49. The Morgan fingerprint density at radius 1 is 1.37 bits per heavy atom. The molecule has 1 aromatic heterocycles. The van der Waals surface area contributed by atoms with E-state index in [2.05, 4.69) is 43.2 Å². The molecule has 4 heteroatoms. The lowest BCUT2D eigenvalue weighted by Gasteiger charge is -2.14. The molecule has 1 heterocycles. The Morgan fingerprint density at radius 2 is 2.21 bits per heavy atom.